The Morgan fingerprint density at radius 3 is 2.53 bits per heavy atom. The predicted molar refractivity (Wildman–Crippen MR) is 62.3 cm³/mol. The Morgan fingerprint density at radius 1 is 0.933 bits per heavy atom. The van der Waals surface area contributed by atoms with E-state index < -0.39 is 0 Å². The molecule has 1 heteroatoms. The SMILES string of the molecule is Oc1cc2c(c3ccccc13)CCCC2. The second kappa shape index (κ2) is 3.27. The number of hydrogen-bond donors (Lipinski definition) is 1. The number of aryl methyl sites for hydroxylation is 2. The molecule has 3 rings (SSSR count). The van der Waals surface area contributed by atoms with Crippen molar-refractivity contribution in [2.24, 2.45) is 0 Å². The first-order valence-electron chi connectivity index (χ1n) is 5.59. The van der Waals surface area contributed by atoms with E-state index in [0.29, 0.717) is 5.75 Å². The lowest BCUT2D eigenvalue weighted by Gasteiger charge is -2.18. The van der Waals surface area contributed by atoms with Crippen molar-refractivity contribution in [3.8, 4) is 5.75 Å². The zero-order valence-electron chi connectivity index (χ0n) is 8.66. The Labute approximate surface area is 89.4 Å². The first kappa shape index (κ1) is 8.78. The summed E-state index contributed by atoms with van der Waals surface area (Å²) in [6, 6.07) is 10.1. The number of phenols is 1. The molecule has 0 amide bonds. The van der Waals surface area contributed by atoms with Crippen LogP contribution in [0, 0.1) is 0 Å². The summed E-state index contributed by atoms with van der Waals surface area (Å²) in [5, 5.41) is 12.2. The van der Waals surface area contributed by atoms with E-state index >= 15 is 0 Å². The van der Waals surface area contributed by atoms with Crippen LogP contribution in [0.15, 0.2) is 30.3 Å². The first-order chi connectivity index (χ1) is 7.36. The summed E-state index contributed by atoms with van der Waals surface area (Å²) in [6.45, 7) is 0. The maximum absolute atomic E-state index is 9.93. The van der Waals surface area contributed by atoms with Crippen molar-refractivity contribution >= 4 is 10.8 Å². The second-order valence-corrected chi connectivity index (χ2v) is 4.29. The minimum Gasteiger partial charge on any atom is -0.507 e. The minimum absolute atomic E-state index is 0.436. The van der Waals surface area contributed by atoms with Gasteiger partial charge in [-0.3, -0.25) is 0 Å². The van der Waals surface area contributed by atoms with E-state index in [9.17, 15) is 5.11 Å². The van der Waals surface area contributed by atoms with Crippen LogP contribution in [0.3, 0.4) is 0 Å². The Balaban J connectivity index is 2.39. The lowest BCUT2D eigenvalue weighted by Crippen LogP contribution is -2.03. The van der Waals surface area contributed by atoms with Gasteiger partial charge in [0.15, 0.2) is 0 Å². The lowest BCUT2D eigenvalue weighted by atomic mass is 9.87. The molecular formula is C14H14O. The van der Waals surface area contributed by atoms with Gasteiger partial charge in [-0.2, -0.15) is 0 Å². The normalized spacial score (nSPS) is 15.2. The molecule has 2 aromatic rings. The van der Waals surface area contributed by atoms with Crippen LogP contribution >= 0.6 is 0 Å². The second-order valence-electron chi connectivity index (χ2n) is 4.29. The van der Waals surface area contributed by atoms with E-state index in [1.807, 2.05) is 18.2 Å². The van der Waals surface area contributed by atoms with Gasteiger partial charge in [-0.05, 0) is 48.3 Å². The number of hydrogen-bond acceptors (Lipinski definition) is 1. The Morgan fingerprint density at radius 2 is 1.67 bits per heavy atom. The molecule has 0 heterocycles. The fourth-order valence-corrected chi connectivity index (χ4v) is 2.61. The molecule has 1 aliphatic carbocycles. The first-order valence-corrected chi connectivity index (χ1v) is 5.59. The van der Waals surface area contributed by atoms with Crippen molar-refractivity contribution in [2.45, 2.75) is 25.7 Å². The summed E-state index contributed by atoms with van der Waals surface area (Å²) in [5.74, 6) is 0.436. The number of rotatable bonds is 0. The lowest BCUT2D eigenvalue weighted by molar-refractivity contribution is 0.480. The molecule has 0 bridgehead atoms. The average Bonchev–Trinajstić information content (AvgIpc) is 2.30. The summed E-state index contributed by atoms with van der Waals surface area (Å²) < 4.78 is 0. The van der Waals surface area contributed by atoms with Gasteiger partial charge in [0.1, 0.15) is 5.75 Å². The highest BCUT2D eigenvalue weighted by molar-refractivity contribution is 5.92. The predicted octanol–water partition coefficient (Wildman–Crippen LogP) is 3.42. The van der Waals surface area contributed by atoms with Crippen molar-refractivity contribution in [1.29, 1.82) is 0 Å². The van der Waals surface area contributed by atoms with Gasteiger partial charge >= 0.3 is 0 Å². The highest BCUT2D eigenvalue weighted by Gasteiger charge is 2.14. The molecule has 0 spiro atoms. The van der Waals surface area contributed by atoms with Gasteiger partial charge in [-0.25, -0.2) is 0 Å². The largest absolute Gasteiger partial charge is 0.507 e. The van der Waals surface area contributed by atoms with Crippen molar-refractivity contribution < 1.29 is 5.11 Å². The third-order valence-electron chi connectivity index (χ3n) is 3.35. The molecule has 1 aliphatic rings. The topological polar surface area (TPSA) is 20.2 Å². The van der Waals surface area contributed by atoms with Crippen LogP contribution in [0.2, 0.25) is 0 Å². The molecule has 0 unspecified atom stereocenters. The van der Waals surface area contributed by atoms with Gasteiger partial charge in [0.25, 0.3) is 0 Å². The van der Waals surface area contributed by atoms with Crippen molar-refractivity contribution in [1.82, 2.24) is 0 Å². The highest BCUT2D eigenvalue weighted by atomic mass is 16.3. The molecule has 76 valence electrons. The minimum atomic E-state index is 0.436. The van der Waals surface area contributed by atoms with E-state index in [-0.39, 0.29) is 0 Å². The zero-order chi connectivity index (χ0) is 10.3. The summed E-state index contributed by atoms with van der Waals surface area (Å²) in [4.78, 5) is 0. The molecule has 15 heavy (non-hydrogen) atoms. The van der Waals surface area contributed by atoms with Crippen LogP contribution in [-0.4, -0.2) is 5.11 Å². The molecule has 0 fully saturated rings. The van der Waals surface area contributed by atoms with Crippen LogP contribution in [-0.2, 0) is 12.8 Å². The maximum Gasteiger partial charge on any atom is 0.123 e. The molecule has 2 aromatic carbocycles. The van der Waals surface area contributed by atoms with Gasteiger partial charge in [0.05, 0.1) is 0 Å². The van der Waals surface area contributed by atoms with E-state index in [1.54, 1.807) is 0 Å². The zero-order valence-corrected chi connectivity index (χ0v) is 8.66. The van der Waals surface area contributed by atoms with Crippen molar-refractivity contribution in [3.05, 3.63) is 41.5 Å². The highest BCUT2D eigenvalue weighted by Crippen LogP contribution is 2.34. The van der Waals surface area contributed by atoms with Crippen LogP contribution in [0.5, 0.6) is 5.75 Å². The van der Waals surface area contributed by atoms with E-state index in [1.165, 1.54) is 29.4 Å². The molecule has 0 aliphatic heterocycles. The fraction of sp³-hybridized carbons (Fsp3) is 0.286. The van der Waals surface area contributed by atoms with E-state index in [2.05, 4.69) is 12.1 Å². The molecule has 0 saturated carbocycles. The molecule has 0 aromatic heterocycles. The van der Waals surface area contributed by atoms with Crippen LogP contribution < -0.4 is 0 Å². The quantitative estimate of drug-likeness (QED) is 0.687. The Hall–Kier alpha value is -1.50. The summed E-state index contributed by atoms with van der Waals surface area (Å²) in [6.07, 6.45) is 4.82. The monoisotopic (exact) mass is 198 g/mol. The molecule has 0 radical (unpaired) electrons. The van der Waals surface area contributed by atoms with E-state index in [0.717, 1.165) is 18.2 Å². The molecule has 0 atom stereocenters. The van der Waals surface area contributed by atoms with E-state index in [4.69, 9.17) is 0 Å². The summed E-state index contributed by atoms with van der Waals surface area (Å²) in [7, 11) is 0. The van der Waals surface area contributed by atoms with Crippen molar-refractivity contribution in [2.75, 3.05) is 0 Å². The van der Waals surface area contributed by atoms with Gasteiger partial charge < -0.3 is 5.11 Å². The Bertz CT molecular complexity index is 514. The van der Waals surface area contributed by atoms with Crippen LogP contribution in [0.1, 0.15) is 24.0 Å². The molecular weight excluding hydrogens is 184 g/mol. The van der Waals surface area contributed by atoms with Gasteiger partial charge in [-0.1, -0.05) is 24.3 Å². The Kier molecular flexibility index (Phi) is 1.91. The third kappa shape index (κ3) is 1.30. The molecule has 0 saturated heterocycles. The number of phenolic OH excluding ortho intramolecular Hbond substituents is 1. The number of benzene rings is 2. The fourth-order valence-electron chi connectivity index (χ4n) is 2.61. The van der Waals surface area contributed by atoms with Gasteiger partial charge in [0, 0.05) is 5.39 Å². The molecule has 1 N–H and O–H groups in total. The standard InChI is InChI=1S/C14H14O/c15-14-9-10-5-1-2-6-11(10)12-7-3-4-8-13(12)14/h3-4,7-9,15H,1-2,5-6H2. The van der Waals surface area contributed by atoms with Gasteiger partial charge in [0.2, 0.25) is 0 Å². The van der Waals surface area contributed by atoms with Gasteiger partial charge in [-0.15, -0.1) is 0 Å². The van der Waals surface area contributed by atoms with Crippen molar-refractivity contribution in [3.63, 3.8) is 0 Å². The summed E-state index contributed by atoms with van der Waals surface area (Å²) in [5.41, 5.74) is 2.80. The number of aromatic hydroxyl groups is 1. The average molecular weight is 198 g/mol. The molecule has 1 nitrogen and oxygen atoms in total. The van der Waals surface area contributed by atoms with Crippen LogP contribution in [0.4, 0.5) is 0 Å². The third-order valence-corrected chi connectivity index (χ3v) is 3.35. The number of fused-ring (bicyclic) bond motifs is 3. The smallest absolute Gasteiger partial charge is 0.123 e. The maximum atomic E-state index is 9.93. The van der Waals surface area contributed by atoms with Crippen LogP contribution in [0.25, 0.3) is 10.8 Å². The summed E-state index contributed by atoms with van der Waals surface area (Å²) >= 11 is 0.